The van der Waals surface area contributed by atoms with Crippen molar-refractivity contribution in [1.82, 2.24) is 4.98 Å². The van der Waals surface area contributed by atoms with Gasteiger partial charge in [-0.25, -0.2) is 4.39 Å². The first-order valence-electron chi connectivity index (χ1n) is 10.7. The van der Waals surface area contributed by atoms with E-state index in [1.54, 1.807) is 12.1 Å². The normalized spacial score (nSPS) is 14.0. The Morgan fingerprint density at radius 1 is 1.18 bits per heavy atom. The van der Waals surface area contributed by atoms with Crippen LogP contribution >= 0.6 is 7.37 Å². The minimum Gasteiger partial charge on any atom is -0.799 e. The molecule has 0 saturated carbocycles. The molecule has 0 spiro atoms. The Bertz CT molecular complexity index is 1010. The van der Waals surface area contributed by atoms with Crippen molar-refractivity contribution in [3.8, 4) is 11.1 Å². The molecule has 2 aromatic rings. The smallest absolute Gasteiger partial charge is 0.799 e. The number of carbonyl (C=O) groups is 1. The minimum absolute atomic E-state index is 0. The van der Waals surface area contributed by atoms with E-state index in [2.05, 4.69) is 0 Å². The van der Waals surface area contributed by atoms with Gasteiger partial charge >= 0.3 is 59.1 Å². The van der Waals surface area contributed by atoms with Gasteiger partial charge in [0.2, 0.25) is 0 Å². The number of hydrogen-bond donors (Lipinski definition) is 1. The molecule has 0 saturated heterocycles. The van der Waals surface area contributed by atoms with Crippen molar-refractivity contribution in [1.29, 1.82) is 0 Å². The molecule has 2 rings (SSSR count). The zero-order chi connectivity index (χ0) is 24.3. The summed E-state index contributed by atoms with van der Waals surface area (Å²) in [5.74, 6) is -1.85. The fraction of sp³-hybridized carbons (Fsp3) is 0.500. The number of carbonyl (C=O) groups excluding carboxylic acids is 1. The van der Waals surface area contributed by atoms with Crippen LogP contribution < -0.4 is 69.1 Å². The summed E-state index contributed by atoms with van der Waals surface area (Å²) in [6.45, 7) is 10.1. The SMILES string of the molecule is CC(C)c1nc(C(C)(C)C)cc(-c2ccc(F)cc2)c1CCP(=O)([O-])C[C@H](O)CC(=O)[O-].[Na+].[Na+]. The average molecular weight is 509 g/mol. The van der Waals surface area contributed by atoms with Crippen LogP contribution in [0.4, 0.5) is 4.39 Å². The van der Waals surface area contributed by atoms with Crippen molar-refractivity contribution in [3.63, 3.8) is 0 Å². The van der Waals surface area contributed by atoms with Crippen LogP contribution in [0.2, 0.25) is 0 Å². The third-order valence-electron chi connectivity index (χ3n) is 5.22. The van der Waals surface area contributed by atoms with Gasteiger partial charge in [-0.05, 0) is 53.4 Å². The summed E-state index contributed by atoms with van der Waals surface area (Å²) < 4.78 is 26.1. The predicted molar refractivity (Wildman–Crippen MR) is 119 cm³/mol. The Hall–Kier alpha value is -0.0800. The molecule has 0 bridgehead atoms. The van der Waals surface area contributed by atoms with Crippen LogP contribution in [0.3, 0.4) is 0 Å². The van der Waals surface area contributed by atoms with E-state index in [9.17, 15) is 28.9 Å². The van der Waals surface area contributed by atoms with Gasteiger partial charge in [-0.2, -0.15) is 0 Å². The van der Waals surface area contributed by atoms with Gasteiger partial charge in [0, 0.05) is 42.7 Å². The van der Waals surface area contributed by atoms with Crippen LogP contribution in [0.25, 0.3) is 11.1 Å². The molecule has 34 heavy (non-hydrogen) atoms. The first kappa shape index (κ1) is 33.9. The molecule has 0 fully saturated rings. The second-order valence-corrected chi connectivity index (χ2v) is 12.0. The van der Waals surface area contributed by atoms with Crippen molar-refractivity contribution >= 4 is 13.3 Å². The molecule has 0 aliphatic heterocycles. The number of halogens is 1. The first-order valence-corrected chi connectivity index (χ1v) is 12.7. The van der Waals surface area contributed by atoms with Crippen LogP contribution in [0, 0.1) is 5.82 Å². The molecule has 6 nitrogen and oxygen atoms in total. The Kier molecular flexibility index (Phi) is 14.0. The van der Waals surface area contributed by atoms with Crippen LogP contribution in [-0.2, 0) is 21.2 Å². The molecule has 1 N–H and O–H groups in total. The molecule has 10 heteroatoms. The summed E-state index contributed by atoms with van der Waals surface area (Å²) in [6, 6.07) is 7.96. The number of aromatic nitrogens is 1. The fourth-order valence-electron chi connectivity index (χ4n) is 3.55. The molecule has 0 radical (unpaired) electrons. The summed E-state index contributed by atoms with van der Waals surface area (Å²) in [6.07, 6.45) is -2.97. The number of pyridine rings is 1. The van der Waals surface area contributed by atoms with Gasteiger partial charge in [-0.3, -0.25) is 4.98 Å². The fourth-order valence-corrected chi connectivity index (χ4v) is 5.07. The van der Waals surface area contributed by atoms with Crippen molar-refractivity contribution in [3.05, 3.63) is 53.1 Å². The number of aliphatic carboxylic acids is 1. The maximum absolute atomic E-state index is 13.5. The molecular formula is C24H31FNNa2O5P. The third-order valence-corrected chi connectivity index (χ3v) is 7.10. The number of rotatable bonds is 9. The molecular weight excluding hydrogens is 478 g/mol. The van der Waals surface area contributed by atoms with Crippen LogP contribution in [0.5, 0.6) is 0 Å². The zero-order valence-corrected chi connectivity index (χ0v) is 26.1. The number of nitrogens with zero attached hydrogens (tertiary/aromatic N) is 1. The summed E-state index contributed by atoms with van der Waals surface area (Å²) in [5.41, 5.74) is 3.67. The van der Waals surface area contributed by atoms with Gasteiger partial charge in [0.1, 0.15) is 5.82 Å². The molecule has 1 unspecified atom stereocenters. The predicted octanol–water partition coefficient (Wildman–Crippen LogP) is -3.00. The molecule has 2 atom stereocenters. The number of benzene rings is 1. The second-order valence-electron chi connectivity index (χ2n) is 9.53. The van der Waals surface area contributed by atoms with Crippen LogP contribution in [0.15, 0.2) is 30.3 Å². The number of aliphatic hydroxyl groups is 1. The second kappa shape index (κ2) is 14.0. The Morgan fingerprint density at radius 3 is 2.21 bits per heavy atom. The van der Waals surface area contributed by atoms with E-state index in [1.807, 2.05) is 40.7 Å². The van der Waals surface area contributed by atoms with Gasteiger partial charge in [0.15, 0.2) is 0 Å². The Balaban J connectivity index is 0.00000544. The Morgan fingerprint density at radius 2 is 1.74 bits per heavy atom. The molecule has 1 aromatic carbocycles. The summed E-state index contributed by atoms with van der Waals surface area (Å²) in [4.78, 5) is 28.1. The van der Waals surface area contributed by atoms with E-state index in [-0.39, 0.29) is 88.8 Å². The number of carboxylic acids is 1. The summed E-state index contributed by atoms with van der Waals surface area (Å²) >= 11 is 0. The number of carboxylic acid groups (broad SMARTS) is 1. The van der Waals surface area contributed by atoms with Crippen molar-refractivity contribution in [2.45, 2.75) is 64.9 Å². The van der Waals surface area contributed by atoms with Crippen molar-refractivity contribution < 1.29 is 88.0 Å². The zero-order valence-electron chi connectivity index (χ0n) is 21.2. The largest absolute Gasteiger partial charge is 1.00 e. The first-order chi connectivity index (χ1) is 14.7. The molecule has 0 aliphatic rings. The van der Waals surface area contributed by atoms with Crippen molar-refractivity contribution in [2.75, 3.05) is 12.3 Å². The van der Waals surface area contributed by atoms with Gasteiger partial charge in [0.25, 0.3) is 0 Å². The maximum Gasteiger partial charge on any atom is 1.00 e. The van der Waals surface area contributed by atoms with Crippen LogP contribution in [-0.4, -0.2) is 34.5 Å². The van der Waals surface area contributed by atoms with Crippen molar-refractivity contribution in [2.24, 2.45) is 0 Å². The van der Waals surface area contributed by atoms with Gasteiger partial charge in [0.05, 0.1) is 6.10 Å². The van der Waals surface area contributed by atoms with Gasteiger partial charge in [-0.15, -0.1) is 0 Å². The van der Waals surface area contributed by atoms with Gasteiger partial charge in [-0.1, -0.05) is 46.8 Å². The Labute approximate surface area is 245 Å². The quantitative estimate of drug-likeness (QED) is 0.285. The third kappa shape index (κ3) is 10.1. The molecule has 0 aliphatic carbocycles. The molecule has 1 aromatic heterocycles. The number of hydrogen-bond acceptors (Lipinski definition) is 6. The monoisotopic (exact) mass is 509 g/mol. The molecule has 176 valence electrons. The van der Waals surface area contributed by atoms with E-state index < -0.39 is 32.0 Å². The van der Waals surface area contributed by atoms with Crippen LogP contribution in [0.1, 0.15) is 63.9 Å². The summed E-state index contributed by atoms with van der Waals surface area (Å²) in [5, 5.41) is 20.4. The maximum atomic E-state index is 13.5. The van der Waals surface area contributed by atoms with E-state index in [0.29, 0.717) is 0 Å². The number of aliphatic hydroxyl groups excluding tert-OH is 1. The van der Waals surface area contributed by atoms with Gasteiger partial charge < -0.3 is 24.5 Å². The van der Waals surface area contributed by atoms with E-state index in [1.165, 1.54) is 12.1 Å². The molecule has 1 heterocycles. The summed E-state index contributed by atoms with van der Waals surface area (Å²) in [7, 11) is -4.06. The minimum atomic E-state index is -4.06. The molecule has 0 amide bonds. The topological polar surface area (TPSA) is 113 Å². The standard InChI is InChI=1S/C24H33FNO5P.2Na/c1-15(2)23-19(10-11-32(30,31)14-18(27)12-22(28)29)20(13-21(26-23)24(3,4)5)16-6-8-17(25)9-7-16;;/h6-9,13,15,18,27H,10-12,14H2,1-5H3,(H,28,29)(H,30,31);;/q;2*+1/p-2/t18-;;/m1../s1. The van der Waals surface area contributed by atoms with E-state index >= 15 is 0 Å². The van der Waals surface area contributed by atoms with E-state index in [4.69, 9.17) is 4.98 Å². The van der Waals surface area contributed by atoms with E-state index in [0.717, 1.165) is 28.1 Å². The average Bonchev–Trinajstić information content (AvgIpc) is 2.64.